The van der Waals surface area contributed by atoms with E-state index < -0.39 is 5.60 Å². The molecule has 0 radical (unpaired) electrons. The highest BCUT2D eigenvalue weighted by Gasteiger charge is 2.35. The van der Waals surface area contributed by atoms with Gasteiger partial charge in [-0.2, -0.15) is 4.98 Å². The molecular weight excluding hydrogens is 460 g/mol. The molecule has 1 aliphatic heterocycles. The van der Waals surface area contributed by atoms with Gasteiger partial charge in [0.1, 0.15) is 5.52 Å². The summed E-state index contributed by atoms with van der Waals surface area (Å²) in [6.07, 6.45) is 1.93. The van der Waals surface area contributed by atoms with Crippen LogP contribution < -0.4 is 10.1 Å². The molecule has 1 aromatic carbocycles. The smallest absolute Gasteiger partial charge is 0.296 e. The largest absolute Gasteiger partial charge is 0.493 e. The zero-order valence-corrected chi connectivity index (χ0v) is 20.4. The molecule has 0 spiro atoms. The van der Waals surface area contributed by atoms with Gasteiger partial charge < -0.3 is 29.2 Å². The fourth-order valence-corrected chi connectivity index (χ4v) is 4.25. The van der Waals surface area contributed by atoms with Gasteiger partial charge in [-0.1, -0.05) is 11.6 Å². The van der Waals surface area contributed by atoms with Crippen LogP contribution in [0.2, 0.25) is 5.02 Å². The van der Waals surface area contributed by atoms with Crippen molar-refractivity contribution in [1.82, 2.24) is 14.9 Å². The third kappa shape index (κ3) is 5.60. The molecule has 182 valence electrons. The number of halogens is 1. The third-order valence-corrected chi connectivity index (χ3v) is 5.82. The summed E-state index contributed by atoms with van der Waals surface area (Å²) in [6, 6.07) is 6.83. The van der Waals surface area contributed by atoms with Crippen LogP contribution in [0.3, 0.4) is 0 Å². The Labute approximate surface area is 203 Å². The molecular formula is C24H29ClN4O5. The second-order valence-electron chi connectivity index (χ2n) is 9.14. The number of fused-ring (bicyclic) bond motifs is 1. The lowest BCUT2D eigenvalue weighted by atomic mass is 9.96. The van der Waals surface area contributed by atoms with E-state index in [4.69, 9.17) is 25.5 Å². The number of anilines is 1. The van der Waals surface area contributed by atoms with Crippen molar-refractivity contribution in [3.8, 4) is 5.75 Å². The van der Waals surface area contributed by atoms with E-state index in [2.05, 4.69) is 15.3 Å². The monoisotopic (exact) mass is 488 g/mol. The molecule has 2 aromatic heterocycles. The standard InChI is InChI=1S/C24H29ClN4O5/c1-14-12-29(18(13-33-14)10-24(2,3)31)22(30)15-7-19-21(20(8-15)32-4)34-23(28-19)27-11-17-9-16(25)5-6-26-17/h5-9,14,18,31H,10-13H2,1-4H3,(H,27,28). The molecule has 0 saturated carbocycles. The average molecular weight is 489 g/mol. The first kappa shape index (κ1) is 24.3. The number of carbonyl (C=O) groups excluding carboxylic acids is 1. The lowest BCUT2D eigenvalue weighted by molar-refractivity contribution is -0.0655. The van der Waals surface area contributed by atoms with Gasteiger partial charge >= 0.3 is 0 Å². The molecule has 10 heteroatoms. The second-order valence-corrected chi connectivity index (χ2v) is 9.57. The predicted octanol–water partition coefficient (Wildman–Crippen LogP) is 3.89. The summed E-state index contributed by atoms with van der Waals surface area (Å²) in [6.45, 7) is 6.54. The third-order valence-electron chi connectivity index (χ3n) is 5.59. The van der Waals surface area contributed by atoms with Crippen LogP contribution in [0.25, 0.3) is 11.1 Å². The molecule has 34 heavy (non-hydrogen) atoms. The summed E-state index contributed by atoms with van der Waals surface area (Å²) < 4.78 is 17.1. The summed E-state index contributed by atoms with van der Waals surface area (Å²) in [5.41, 5.74) is 1.15. The highest BCUT2D eigenvalue weighted by molar-refractivity contribution is 6.30. The minimum absolute atomic E-state index is 0.101. The topological polar surface area (TPSA) is 110 Å². The Kier molecular flexibility index (Phi) is 6.97. The van der Waals surface area contributed by atoms with E-state index in [-0.39, 0.29) is 24.1 Å². The quantitative estimate of drug-likeness (QED) is 0.515. The Balaban J connectivity index is 1.60. The second kappa shape index (κ2) is 9.77. The number of aliphatic hydroxyl groups is 1. The van der Waals surface area contributed by atoms with Gasteiger partial charge in [0, 0.05) is 23.3 Å². The molecule has 1 amide bonds. The van der Waals surface area contributed by atoms with Gasteiger partial charge in [-0.15, -0.1) is 0 Å². The number of aromatic nitrogens is 2. The van der Waals surface area contributed by atoms with Crippen LogP contribution in [0.5, 0.6) is 5.75 Å². The maximum Gasteiger partial charge on any atom is 0.296 e. The number of amides is 1. The summed E-state index contributed by atoms with van der Waals surface area (Å²) in [7, 11) is 1.52. The van der Waals surface area contributed by atoms with Crippen LogP contribution in [-0.2, 0) is 11.3 Å². The number of ether oxygens (including phenoxy) is 2. The van der Waals surface area contributed by atoms with Crippen molar-refractivity contribution in [2.45, 2.75) is 51.5 Å². The molecule has 1 aliphatic rings. The van der Waals surface area contributed by atoms with Crippen LogP contribution >= 0.6 is 11.6 Å². The minimum Gasteiger partial charge on any atom is -0.493 e. The van der Waals surface area contributed by atoms with E-state index in [9.17, 15) is 9.90 Å². The first-order valence-corrected chi connectivity index (χ1v) is 11.5. The van der Waals surface area contributed by atoms with E-state index in [0.29, 0.717) is 53.6 Å². The van der Waals surface area contributed by atoms with Gasteiger partial charge in [-0.05, 0) is 51.5 Å². The van der Waals surface area contributed by atoms with Gasteiger partial charge in [0.15, 0.2) is 11.3 Å². The zero-order valence-electron chi connectivity index (χ0n) is 19.7. The first-order valence-electron chi connectivity index (χ1n) is 11.1. The molecule has 2 atom stereocenters. The van der Waals surface area contributed by atoms with Crippen LogP contribution in [0.4, 0.5) is 6.01 Å². The van der Waals surface area contributed by atoms with Crippen molar-refractivity contribution in [2.24, 2.45) is 0 Å². The van der Waals surface area contributed by atoms with Crippen LogP contribution in [0, 0.1) is 0 Å². The van der Waals surface area contributed by atoms with Crippen LogP contribution in [0.1, 0.15) is 43.2 Å². The summed E-state index contributed by atoms with van der Waals surface area (Å²) in [4.78, 5) is 24.0. The Bertz CT molecular complexity index is 1180. The Morgan fingerprint density at radius 1 is 1.38 bits per heavy atom. The van der Waals surface area contributed by atoms with E-state index >= 15 is 0 Å². The van der Waals surface area contributed by atoms with Crippen LogP contribution in [0.15, 0.2) is 34.9 Å². The van der Waals surface area contributed by atoms with Crippen molar-refractivity contribution >= 4 is 34.6 Å². The number of nitrogens with one attached hydrogen (secondary N) is 1. The number of hydrogen-bond acceptors (Lipinski definition) is 8. The van der Waals surface area contributed by atoms with Crippen LogP contribution in [-0.4, -0.2) is 63.9 Å². The predicted molar refractivity (Wildman–Crippen MR) is 128 cm³/mol. The average Bonchev–Trinajstić information content (AvgIpc) is 3.20. The maximum absolute atomic E-state index is 13.5. The molecule has 2 N–H and O–H groups in total. The molecule has 9 nitrogen and oxygen atoms in total. The van der Waals surface area contributed by atoms with Crippen molar-refractivity contribution in [2.75, 3.05) is 25.6 Å². The van der Waals surface area contributed by atoms with E-state index in [1.165, 1.54) is 7.11 Å². The fraction of sp³-hybridized carbons (Fsp3) is 0.458. The number of nitrogens with zero attached hydrogens (tertiary/aromatic N) is 3. The number of hydrogen-bond donors (Lipinski definition) is 2. The van der Waals surface area contributed by atoms with E-state index in [0.717, 1.165) is 5.69 Å². The molecule has 1 fully saturated rings. The number of morpholine rings is 1. The highest BCUT2D eigenvalue weighted by Crippen LogP contribution is 2.32. The van der Waals surface area contributed by atoms with Gasteiger partial charge in [0.2, 0.25) is 0 Å². The molecule has 1 saturated heterocycles. The lowest BCUT2D eigenvalue weighted by Gasteiger charge is -2.41. The SMILES string of the molecule is COc1cc(C(=O)N2CC(C)OCC2CC(C)(C)O)cc2nc(NCc3cc(Cl)ccn3)oc12. The molecule has 3 heterocycles. The summed E-state index contributed by atoms with van der Waals surface area (Å²) in [5, 5.41) is 14.0. The summed E-state index contributed by atoms with van der Waals surface area (Å²) >= 11 is 6.02. The number of carbonyl (C=O) groups is 1. The van der Waals surface area contributed by atoms with Crippen molar-refractivity contribution in [3.63, 3.8) is 0 Å². The number of oxazole rings is 1. The van der Waals surface area contributed by atoms with Crippen molar-refractivity contribution in [1.29, 1.82) is 0 Å². The van der Waals surface area contributed by atoms with Gasteiger partial charge in [0.25, 0.3) is 11.9 Å². The van der Waals surface area contributed by atoms with Gasteiger partial charge in [0.05, 0.1) is 43.7 Å². The Hall–Kier alpha value is -2.88. The Morgan fingerprint density at radius 3 is 2.88 bits per heavy atom. The lowest BCUT2D eigenvalue weighted by Crippen LogP contribution is -2.53. The number of benzene rings is 1. The van der Waals surface area contributed by atoms with Crippen molar-refractivity contribution < 1.29 is 23.8 Å². The zero-order chi connectivity index (χ0) is 24.5. The molecule has 2 unspecified atom stereocenters. The number of methoxy groups -OCH3 is 1. The minimum atomic E-state index is -0.931. The normalized spacial score (nSPS) is 18.8. The van der Waals surface area contributed by atoms with Gasteiger partial charge in [-0.3, -0.25) is 9.78 Å². The van der Waals surface area contributed by atoms with Gasteiger partial charge in [-0.25, -0.2) is 0 Å². The van der Waals surface area contributed by atoms with Crippen molar-refractivity contribution in [3.05, 3.63) is 46.7 Å². The molecule has 0 bridgehead atoms. The highest BCUT2D eigenvalue weighted by atomic mass is 35.5. The summed E-state index contributed by atoms with van der Waals surface area (Å²) in [5.74, 6) is 0.230. The first-order chi connectivity index (χ1) is 16.1. The fourth-order valence-electron chi connectivity index (χ4n) is 4.07. The number of pyridine rings is 1. The molecule has 4 rings (SSSR count). The molecule has 3 aromatic rings. The number of rotatable bonds is 7. The molecule has 0 aliphatic carbocycles. The van der Waals surface area contributed by atoms with E-state index in [1.807, 2.05) is 6.92 Å². The van der Waals surface area contributed by atoms with E-state index in [1.54, 1.807) is 49.2 Å². The Morgan fingerprint density at radius 2 is 2.18 bits per heavy atom. The maximum atomic E-state index is 13.5.